The molecule has 0 radical (unpaired) electrons. The van der Waals surface area contributed by atoms with Crippen LogP contribution in [0, 0.1) is 5.41 Å². The number of nitrogens with one attached hydrogen (secondary N) is 1. The topological polar surface area (TPSA) is 155 Å². The van der Waals surface area contributed by atoms with Crippen LogP contribution in [0.4, 0.5) is 0 Å². The number of amides is 2. The average Bonchev–Trinajstić information content (AvgIpc) is 3.39. The highest BCUT2D eigenvalue weighted by atomic mass is 16.6. The van der Waals surface area contributed by atoms with Crippen molar-refractivity contribution in [2.45, 2.75) is 57.5 Å². The van der Waals surface area contributed by atoms with Gasteiger partial charge < -0.3 is 39.7 Å². The van der Waals surface area contributed by atoms with Crippen molar-refractivity contribution in [1.29, 1.82) is 0 Å². The molecular weight excluding hydrogens is 580 g/mol. The maximum absolute atomic E-state index is 14.2. The van der Waals surface area contributed by atoms with Crippen LogP contribution in [0.15, 0.2) is 30.3 Å². The Hall–Kier alpha value is -3.29. The molecule has 1 saturated heterocycles. The zero-order valence-electron chi connectivity index (χ0n) is 26.1. The summed E-state index contributed by atoms with van der Waals surface area (Å²) in [5, 5.41) is 12.8. The van der Waals surface area contributed by atoms with E-state index in [1.54, 1.807) is 0 Å². The number of hydrogen-bond acceptors (Lipinski definition) is 9. The largest absolute Gasteiger partial charge is 0.462 e. The summed E-state index contributed by atoms with van der Waals surface area (Å²) in [7, 11) is 0. The molecule has 0 saturated carbocycles. The van der Waals surface area contributed by atoms with Gasteiger partial charge >= 0.3 is 5.97 Å². The molecule has 2 aromatic rings. The Labute approximate surface area is 263 Å². The van der Waals surface area contributed by atoms with Crippen LogP contribution in [-0.2, 0) is 39.8 Å². The molecule has 0 unspecified atom stereocenters. The monoisotopic (exact) mass is 626 g/mol. The Morgan fingerprint density at radius 3 is 2.47 bits per heavy atom. The lowest BCUT2D eigenvalue weighted by Crippen LogP contribution is -2.52. The van der Waals surface area contributed by atoms with E-state index in [-0.39, 0.29) is 56.6 Å². The number of aromatic nitrogens is 1. The summed E-state index contributed by atoms with van der Waals surface area (Å²) in [4.78, 5) is 41.6. The number of aliphatic hydroxyl groups is 1. The van der Waals surface area contributed by atoms with Gasteiger partial charge in [0.1, 0.15) is 18.3 Å². The maximum Gasteiger partial charge on any atom is 0.328 e. The minimum Gasteiger partial charge on any atom is -0.462 e. The molecule has 2 amide bonds. The second-order valence-corrected chi connectivity index (χ2v) is 11.9. The standard InChI is InChI=1S/C33H46N4O8/c1-2-33-11-5-12-36-13-10-24-23-6-3-4-7-26(23)37(29(24)30(33)36)27(22-33)31(40)35-25(8-9-28(34)39)32(41)45-21-20-44-19-18-43-17-16-42-15-14-38/h3-4,6-7,22,25,30,38H,2,5,8-21H2,1H3,(H2,34,39)(H,35,40)/t25-,30+,33-/m0/s1. The number of piperidine rings is 1. The Kier molecular flexibility index (Phi) is 11.3. The summed E-state index contributed by atoms with van der Waals surface area (Å²) < 4.78 is 23.5. The molecule has 45 heavy (non-hydrogen) atoms. The van der Waals surface area contributed by atoms with Gasteiger partial charge in [-0.25, -0.2) is 4.79 Å². The maximum atomic E-state index is 14.2. The van der Waals surface area contributed by atoms with Crippen molar-refractivity contribution in [3.05, 3.63) is 41.6 Å². The van der Waals surface area contributed by atoms with Crippen LogP contribution in [0.1, 0.15) is 56.3 Å². The molecule has 246 valence electrons. The fraction of sp³-hybridized carbons (Fsp3) is 0.606. The van der Waals surface area contributed by atoms with E-state index in [2.05, 4.69) is 39.9 Å². The first-order chi connectivity index (χ1) is 21.9. The molecule has 5 rings (SSSR count). The number of carbonyl (C=O) groups excluding carboxylic acids is 3. The van der Waals surface area contributed by atoms with Gasteiger partial charge in [-0.1, -0.05) is 25.1 Å². The first-order valence-corrected chi connectivity index (χ1v) is 16.1. The highest BCUT2D eigenvalue weighted by molar-refractivity contribution is 6.17. The summed E-state index contributed by atoms with van der Waals surface area (Å²) in [6.07, 6.45) is 5.95. The lowest BCUT2D eigenvalue weighted by atomic mass is 9.66. The van der Waals surface area contributed by atoms with Crippen LogP contribution in [0.3, 0.4) is 0 Å². The van der Waals surface area contributed by atoms with Crippen molar-refractivity contribution >= 4 is 34.4 Å². The van der Waals surface area contributed by atoms with Crippen molar-refractivity contribution in [2.75, 3.05) is 65.9 Å². The normalized spacial score (nSPS) is 21.2. The zero-order chi connectivity index (χ0) is 31.8. The number of rotatable bonds is 18. The Morgan fingerprint density at radius 2 is 1.76 bits per heavy atom. The molecule has 1 aromatic carbocycles. The molecule has 4 N–H and O–H groups in total. The van der Waals surface area contributed by atoms with Crippen molar-refractivity contribution in [3.8, 4) is 0 Å². The summed E-state index contributed by atoms with van der Waals surface area (Å²) in [5.74, 6) is -1.59. The third kappa shape index (κ3) is 7.25. The summed E-state index contributed by atoms with van der Waals surface area (Å²) in [5.41, 5.74) is 9.20. The Morgan fingerprint density at radius 1 is 1.04 bits per heavy atom. The number of hydrogen-bond donors (Lipinski definition) is 3. The fourth-order valence-electron chi connectivity index (χ4n) is 7.12. The van der Waals surface area contributed by atoms with Crippen molar-refractivity contribution < 1.29 is 38.4 Å². The number of nitrogens with zero attached hydrogens (tertiary/aromatic N) is 2. The first kappa shape index (κ1) is 33.1. The van der Waals surface area contributed by atoms with Gasteiger partial charge in [-0.2, -0.15) is 0 Å². The number of fused-ring (bicyclic) bond motifs is 3. The Bertz CT molecular complexity index is 1390. The number of nitrogens with two attached hydrogens (primary N) is 1. The number of aliphatic hydroxyl groups excluding tert-OH is 1. The lowest BCUT2D eigenvalue weighted by Gasteiger charge is -2.53. The van der Waals surface area contributed by atoms with E-state index < -0.39 is 17.9 Å². The van der Waals surface area contributed by atoms with Crippen LogP contribution in [-0.4, -0.2) is 104 Å². The number of para-hydroxylation sites is 1. The highest BCUT2D eigenvalue weighted by Crippen LogP contribution is 2.57. The van der Waals surface area contributed by atoms with Gasteiger partial charge in [0.25, 0.3) is 5.91 Å². The van der Waals surface area contributed by atoms with Crippen LogP contribution in [0.5, 0.6) is 0 Å². The van der Waals surface area contributed by atoms with Crippen LogP contribution < -0.4 is 11.1 Å². The minimum atomic E-state index is -1.05. The molecule has 3 aliphatic rings. The molecule has 1 fully saturated rings. The second kappa shape index (κ2) is 15.3. The molecule has 0 spiro atoms. The molecule has 3 atom stereocenters. The number of esters is 1. The second-order valence-electron chi connectivity index (χ2n) is 11.9. The van der Waals surface area contributed by atoms with E-state index in [1.807, 2.05) is 12.1 Å². The van der Waals surface area contributed by atoms with E-state index in [0.717, 1.165) is 49.7 Å². The van der Waals surface area contributed by atoms with Gasteiger partial charge in [0.05, 0.1) is 57.8 Å². The van der Waals surface area contributed by atoms with Crippen LogP contribution in [0.2, 0.25) is 0 Å². The van der Waals surface area contributed by atoms with Crippen molar-refractivity contribution in [1.82, 2.24) is 14.8 Å². The summed E-state index contributed by atoms with van der Waals surface area (Å²) in [6.45, 7) is 6.03. The lowest BCUT2D eigenvalue weighted by molar-refractivity contribution is -0.149. The summed E-state index contributed by atoms with van der Waals surface area (Å²) >= 11 is 0. The number of benzene rings is 1. The molecule has 0 bridgehead atoms. The van der Waals surface area contributed by atoms with Crippen molar-refractivity contribution in [2.24, 2.45) is 11.1 Å². The van der Waals surface area contributed by atoms with Gasteiger partial charge in [-0.15, -0.1) is 0 Å². The fourth-order valence-corrected chi connectivity index (χ4v) is 7.12. The predicted octanol–water partition coefficient (Wildman–Crippen LogP) is 1.92. The number of ether oxygens (including phenoxy) is 4. The molecule has 12 nitrogen and oxygen atoms in total. The van der Waals surface area contributed by atoms with Gasteiger partial charge in [0, 0.05) is 29.5 Å². The van der Waals surface area contributed by atoms with Gasteiger partial charge in [0.2, 0.25) is 5.91 Å². The van der Waals surface area contributed by atoms with Gasteiger partial charge in [-0.3, -0.25) is 14.5 Å². The Balaban J connectivity index is 1.27. The average molecular weight is 627 g/mol. The number of carbonyl (C=O) groups is 3. The number of primary amides is 1. The zero-order valence-corrected chi connectivity index (χ0v) is 26.1. The van der Waals surface area contributed by atoms with E-state index in [4.69, 9.17) is 29.8 Å². The SMILES string of the molecule is CC[C@@]12C=C(C(=O)N[C@@H](CCC(N)=O)C(=O)OCCOCCOCCOCCO)n3c4c(c5ccccc53)CCN(CCC1)[C@H]42. The van der Waals surface area contributed by atoms with E-state index in [1.165, 1.54) is 11.3 Å². The molecule has 1 aromatic heterocycles. The molecular formula is C33H46N4O8. The molecule has 12 heteroatoms. The molecule has 3 aliphatic heterocycles. The van der Waals surface area contributed by atoms with Crippen molar-refractivity contribution in [3.63, 3.8) is 0 Å². The molecule has 0 aliphatic carbocycles. The third-order valence-corrected chi connectivity index (χ3v) is 9.20. The van der Waals surface area contributed by atoms with E-state index in [0.29, 0.717) is 32.1 Å². The summed E-state index contributed by atoms with van der Waals surface area (Å²) in [6, 6.07) is 7.36. The van der Waals surface area contributed by atoms with Gasteiger partial charge in [0.15, 0.2) is 0 Å². The quantitative estimate of drug-likeness (QED) is 0.166. The van der Waals surface area contributed by atoms with Gasteiger partial charge in [-0.05, 0) is 56.4 Å². The minimum absolute atomic E-state index is 0.0176. The van der Waals surface area contributed by atoms with E-state index >= 15 is 0 Å². The van der Waals surface area contributed by atoms with E-state index in [9.17, 15) is 14.4 Å². The smallest absolute Gasteiger partial charge is 0.328 e. The third-order valence-electron chi connectivity index (χ3n) is 9.20. The van der Waals surface area contributed by atoms with Crippen LogP contribution in [0.25, 0.3) is 16.6 Å². The highest BCUT2D eigenvalue weighted by Gasteiger charge is 2.51. The predicted molar refractivity (Wildman–Crippen MR) is 167 cm³/mol. The van der Waals surface area contributed by atoms with Crippen LogP contribution >= 0.6 is 0 Å². The molecule has 4 heterocycles. The first-order valence-electron chi connectivity index (χ1n) is 16.1.